The van der Waals surface area contributed by atoms with Crippen LogP contribution in [0.5, 0.6) is 5.75 Å². The number of aryl methyl sites for hydroxylation is 1. The van der Waals surface area contributed by atoms with Crippen molar-refractivity contribution in [3.05, 3.63) is 23.8 Å². The van der Waals surface area contributed by atoms with E-state index in [-0.39, 0.29) is 11.7 Å². The Morgan fingerprint density at radius 1 is 1.39 bits per heavy atom. The van der Waals surface area contributed by atoms with Gasteiger partial charge in [-0.3, -0.25) is 4.79 Å². The Kier molecular flexibility index (Phi) is 5.65. The first-order chi connectivity index (χ1) is 8.60. The van der Waals surface area contributed by atoms with Crippen molar-refractivity contribution in [3.63, 3.8) is 0 Å². The minimum Gasteiger partial charge on any atom is -0.508 e. The average molecular weight is 251 g/mol. The summed E-state index contributed by atoms with van der Waals surface area (Å²) >= 11 is 0. The molecule has 0 saturated carbocycles. The van der Waals surface area contributed by atoms with Crippen LogP contribution in [-0.2, 0) is 9.53 Å². The highest BCUT2D eigenvalue weighted by Gasteiger charge is 2.15. The van der Waals surface area contributed by atoms with Gasteiger partial charge in [-0.05, 0) is 32.4 Å². The molecule has 4 nitrogen and oxygen atoms in total. The summed E-state index contributed by atoms with van der Waals surface area (Å²) in [6.45, 7) is 7.38. The molecule has 0 radical (unpaired) electrons. The fourth-order valence-electron chi connectivity index (χ4n) is 1.81. The van der Waals surface area contributed by atoms with Crippen LogP contribution in [0.25, 0.3) is 0 Å². The molecule has 0 heterocycles. The Morgan fingerprint density at radius 3 is 2.72 bits per heavy atom. The molecule has 0 aliphatic rings. The van der Waals surface area contributed by atoms with Crippen LogP contribution in [0.1, 0.15) is 25.8 Å². The van der Waals surface area contributed by atoms with E-state index in [1.807, 2.05) is 26.8 Å². The van der Waals surface area contributed by atoms with E-state index in [4.69, 9.17) is 4.74 Å². The predicted molar refractivity (Wildman–Crippen MR) is 72.0 cm³/mol. The standard InChI is InChI=1S/C14H21NO3/c1-4-15(14(17)8-9-18-5-2)13-10-12(16)7-6-11(13)3/h6-7,10,16H,4-5,8-9H2,1-3H3. The third kappa shape index (κ3) is 3.74. The van der Waals surface area contributed by atoms with Gasteiger partial charge >= 0.3 is 0 Å². The zero-order valence-corrected chi connectivity index (χ0v) is 11.3. The number of nitrogens with zero attached hydrogens (tertiary/aromatic N) is 1. The molecule has 4 heteroatoms. The largest absolute Gasteiger partial charge is 0.508 e. The highest BCUT2D eigenvalue weighted by molar-refractivity contribution is 5.94. The highest BCUT2D eigenvalue weighted by Crippen LogP contribution is 2.25. The topological polar surface area (TPSA) is 49.8 Å². The summed E-state index contributed by atoms with van der Waals surface area (Å²) in [5.74, 6) is 0.186. The van der Waals surface area contributed by atoms with E-state index in [9.17, 15) is 9.90 Å². The molecule has 1 amide bonds. The SMILES string of the molecule is CCOCCC(=O)N(CC)c1cc(O)ccc1C. The van der Waals surface area contributed by atoms with E-state index >= 15 is 0 Å². The number of benzene rings is 1. The molecule has 18 heavy (non-hydrogen) atoms. The lowest BCUT2D eigenvalue weighted by Gasteiger charge is -2.23. The molecule has 0 spiro atoms. The van der Waals surface area contributed by atoms with Gasteiger partial charge in [0, 0.05) is 19.2 Å². The van der Waals surface area contributed by atoms with Crippen LogP contribution in [0.15, 0.2) is 18.2 Å². The fourth-order valence-corrected chi connectivity index (χ4v) is 1.81. The van der Waals surface area contributed by atoms with Crippen molar-refractivity contribution in [1.82, 2.24) is 0 Å². The first kappa shape index (κ1) is 14.5. The number of aromatic hydroxyl groups is 1. The molecule has 0 fully saturated rings. The second kappa shape index (κ2) is 7.01. The first-order valence-corrected chi connectivity index (χ1v) is 6.27. The number of rotatable bonds is 6. The second-order valence-corrected chi connectivity index (χ2v) is 4.06. The molecule has 0 unspecified atom stereocenters. The number of ether oxygens (including phenoxy) is 1. The van der Waals surface area contributed by atoms with Gasteiger partial charge in [-0.2, -0.15) is 0 Å². The third-order valence-corrected chi connectivity index (χ3v) is 2.77. The molecular weight excluding hydrogens is 230 g/mol. The van der Waals surface area contributed by atoms with Crippen LogP contribution in [0.2, 0.25) is 0 Å². The molecule has 0 aromatic heterocycles. The van der Waals surface area contributed by atoms with Gasteiger partial charge in [-0.25, -0.2) is 0 Å². The Balaban J connectivity index is 2.81. The number of carbonyl (C=O) groups excluding carboxylic acids is 1. The van der Waals surface area contributed by atoms with E-state index in [1.165, 1.54) is 0 Å². The molecule has 1 rings (SSSR count). The quantitative estimate of drug-likeness (QED) is 0.790. The van der Waals surface area contributed by atoms with E-state index in [0.29, 0.717) is 26.2 Å². The molecule has 1 aromatic carbocycles. The molecule has 1 aromatic rings. The lowest BCUT2D eigenvalue weighted by molar-refractivity contribution is -0.119. The van der Waals surface area contributed by atoms with Crippen molar-refractivity contribution < 1.29 is 14.6 Å². The van der Waals surface area contributed by atoms with Crippen molar-refractivity contribution >= 4 is 11.6 Å². The zero-order valence-electron chi connectivity index (χ0n) is 11.3. The molecule has 100 valence electrons. The molecular formula is C14H21NO3. The summed E-state index contributed by atoms with van der Waals surface area (Å²) in [6.07, 6.45) is 0.358. The molecule has 0 aliphatic carbocycles. The predicted octanol–water partition coefficient (Wildman–Crippen LogP) is 2.48. The summed E-state index contributed by atoms with van der Waals surface area (Å²) < 4.78 is 5.19. The first-order valence-electron chi connectivity index (χ1n) is 6.27. The van der Waals surface area contributed by atoms with Crippen LogP contribution in [0, 0.1) is 6.92 Å². The maximum Gasteiger partial charge on any atom is 0.229 e. The van der Waals surface area contributed by atoms with Gasteiger partial charge in [0.15, 0.2) is 0 Å². The Labute approximate surface area is 108 Å². The van der Waals surface area contributed by atoms with E-state index in [0.717, 1.165) is 11.3 Å². The Morgan fingerprint density at radius 2 is 2.11 bits per heavy atom. The van der Waals surface area contributed by atoms with Crippen LogP contribution < -0.4 is 4.90 Å². The van der Waals surface area contributed by atoms with Gasteiger partial charge in [0.25, 0.3) is 0 Å². The van der Waals surface area contributed by atoms with Crippen LogP contribution in [0.3, 0.4) is 0 Å². The summed E-state index contributed by atoms with van der Waals surface area (Å²) in [5, 5.41) is 9.52. The van der Waals surface area contributed by atoms with Crippen molar-refractivity contribution in [3.8, 4) is 5.75 Å². The van der Waals surface area contributed by atoms with Crippen LogP contribution >= 0.6 is 0 Å². The van der Waals surface area contributed by atoms with Crippen molar-refractivity contribution in [1.29, 1.82) is 0 Å². The summed E-state index contributed by atoms with van der Waals surface area (Å²) in [6, 6.07) is 5.05. The number of anilines is 1. The van der Waals surface area contributed by atoms with Crippen molar-refractivity contribution in [2.24, 2.45) is 0 Å². The number of phenols is 1. The van der Waals surface area contributed by atoms with Gasteiger partial charge in [0.1, 0.15) is 5.75 Å². The van der Waals surface area contributed by atoms with Crippen LogP contribution in [-0.4, -0.2) is 30.8 Å². The Hall–Kier alpha value is -1.55. The fraction of sp³-hybridized carbons (Fsp3) is 0.500. The zero-order chi connectivity index (χ0) is 13.5. The molecule has 0 saturated heterocycles. The van der Waals surface area contributed by atoms with Crippen LogP contribution in [0.4, 0.5) is 5.69 Å². The monoisotopic (exact) mass is 251 g/mol. The minimum absolute atomic E-state index is 0.0136. The van der Waals surface area contributed by atoms with Gasteiger partial charge in [-0.15, -0.1) is 0 Å². The number of phenolic OH excluding ortho intramolecular Hbond substituents is 1. The number of carbonyl (C=O) groups is 1. The number of hydrogen-bond acceptors (Lipinski definition) is 3. The summed E-state index contributed by atoms with van der Waals surface area (Å²) in [4.78, 5) is 13.8. The lowest BCUT2D eigenvalue weighted by atomic mass is 10.1. The third-order valence-electron chi connectivity index (χ3n) is 2.77. The second-order valence-electron chi connectivity index (χ2n) is 4.06. The average Bonchev–Trinajstić information content (AvgIpc) is 2.35. The molecule has 0 aliphatic heterocycles. The van der Waals surface area contributed by atoms with Gasteiger partial charge < -0.3 is 14.7 Å². The summed E-state index contributed by atoms with van der Waals surface area (Å²) in [5.41, 5.74) is 1.73. The summed E-state index contributed by atoms with van der Waals surface area (Å²) in [7, 11) is 0. The molecule has 0 atom stereocenters. The van der Waals surface area contributed by atoms with Crippen molar-refractivity contribution in [2.75, 3.05) is 24.7 Å². The Bertz CT molecular complexity index is 404. The normalized spacial score (nSPS) is 10.4. The minimum atomic E-state index is 0.0136. The maximum absolute atomic E-state index is 12.1. The van der Waals surface area contributed by atoms with Gasteiger partial charge in [0.05, 0.1) is 18.7 Å². The lowest BCUT2D eigenvalue weighted by Crippen LogP contribution is -2.31. The van der Waals surface area contributed by atoms with Gasteiger partial charge in [-0.1, -0.05) is 6.07 Å². The molecule has 0 bridgehead atoms. The van der Waals surface area contributed by atoms with E-state index in [1.54, 1.807) is 17.0 Å². The van der Waals surface area contributed by atoms with Crippen molar-refractivity contribution in [2.45, 2.75) is 27.2 Å². The van der Waals surface area contributed by atoms with E-state index in [2.05, 4.69) is 0 Å². The van der Waals surface area contributed by atoms with Gasteiger partial charge in [0.2, 0.25) is 5.91 Å². The van der Waals surface area contributed by atoms with E-state index < -0.39 is 0 Å². The number of hydrogen-bond donors (Lipinski definition) is 1. The number of amides is 1. The molecule has 1 N–H and O–H groups in total. The maximum atomic E-state index is 12.1. The highest BCUT2D eigenvalue weighted by atomic mass is 16.5. The smallest absolute Gasteiger partial charge is 0.229 e.